The molecule has 2 aliphatic rings. The third-order valence-electron chi connectivity index (χ3n) is 6.82. The zero-order valence-electron chi connectivity index (χ0n) is 20.5. The van der Waals surface area contributed by atoms with Crippen molar-refractivity contribution in [1.29, 1.82) is 0 Å². The first-order chi connectivity index (χ1) is 16.9. The molecule has 1 aromatic carbocycles. The van der Waals surface area contributed by atoms with Gasteiger partial charge >= 0.3 is 0 Å². The van der Waals surface area contributed by atoms with Crippen LogP contribution in [0.5, 0.6) is 0 Å². The summed E-state index contributed by atoms with van der Waals surface area (Å²) in [4.78, 5) is 48.8. The molecule has 2 aromatic rings. The quantitative estimate of drug-likeness (QED) is 0.596. The summed E-state index contributed by atoms with van der Waals surface area (Å²) in [7, 11) is 0. The summed E-state index contributed by atoms with van der Waals surface area (Å²) < 4.78 is 0. The molecular weight excluding hydrogens is 444 g/mol. The van der Waals surface area contributed by atoms with Gasteiger partial charge in [0.1, 0.15) is 12.0 Å². The second-order valence-electron chi connectivity index (χ2n) is 9.59. The fourth-order valence-electron chi connectivity index (χ4n) is 4.98. The Labute approximate surface area is 206 Å². The lowest BCUT2D eigenvalue weighted by molar-refractivity contribution is -0.130. The van der Waals surface area contributed by atoms with Crippen LogP contribution in [0.15, 0.2) is 36.7 Å². The van der Waals surface area contributed by atoms with E-state index < -0.39 is 0 Å². The summed E-state index contributed by atoms with van der Waals surface area (Å²) in [5.41, 5.74) is 3.77. The van der Waals surface area contributed by atoms with Crippen molar-refractivity contribution >= 4 is 17.7 Å². The molecule has 2 aliphatic heterocycles. The highest BCUT2D eigenvalue weighted by molar-refractivity contribution is 5.92. The van der Waals surface area contributed by atoms with Gasteiger partial charge in [0, 0.05) is 58.8 Å². The van der Waals surface area contributed by atoms with Crippen molar-refractivity contribution < 1.29 is 14.4 Å². The van der Waals surface area contributed by atoms with Crippen molar-refractivity contribution in [3.63, 3.8) is 0 Å². The van der Waals surface area contributed by atoms with Crippen LogP contribution in [-0.4, -0.2) is 69.7 Å². The first-order valence-electron chi connectivity index (χ1n) is 12.3. The van der Waals surface area contributed by atoms with Gasteiger partial charge in [-0.05, 0) is 42.4 Å². The SMILES string of the molecule is CC(=O)N[C@@H](CNC(=O)c1cc(CC2CCN(C(C)=O)CC2)ncn1)CN1Cc2ccccc2C1. The molecule has 0 unspecified atom stereocenters. The Kier molecular flexibility index (Phi) is 8.07. The van der Waals surface area contributed by atoms with Crippen LogP contribution in [0, 0.1) is 5.92 Å². The topological polar surface area (TPSA) is 108 Å². The Morgan fingerprint density at radius 1 is 1.06 bits per heavy atom. The molecule has 35 heavy (non-hydrogen) atoms. The predicted molar refractivity (Wildman–Crippen MR) is 131 cm³/mol. The minimum absolute atomic E-state index is 0.122. The molecule has 3 amide bonds. The van der Waals surface area contributed by atoms with Gasteiger partial charge in [0.2, 0.25) is 11.8 Å². The number of rotatable bonds is 8. The maximum Gasteiger partial charge on any atom is 0.270 e. The number of nitrogens with zero attached hydrogens (tertiary/aromatic N) is 4. The first-order valence-corrected chi connectivity index (χ1v) is 12.3. The van der Waals surface area contributed by atoms with Crippen LogP contribution in [0.3, 0.4) is 0 Å². The molecule has 1 atom stereocenters. The second-order valence-corrected chi connectivity index (χ2v) is 9.59. The van der Waals surface area contributed by atoms with E-state index in [0.717, 1.165) is 51.1 Å². The highest BCUT2D eigenvalue weighted by atomic mass is 16.2. The third-order valence-corrected chi connectivity index (χ3v) is 6.82. The monoisotopic (exact) mass is 478 g/mol. The van der Waals surface area contributed by atoms with E-state index in [1.807, 2.05) is 17.0 Å². The number of piperidine rings is 1. The number of likely N-dealkylation sites (tertiary alicyclic amines) is 1. The molecule has 0 radical (unpaired) electrons. The molecule has 3 heterocycles. The average Bonchev–Trinajstić information content (AvgIpc) is 3.25. The number of hydrogen-bond acceptors (Lipinski definition) is 6. The van der Waals surface area contributed by atoms with Gasteiger partial charge in [-0.1, -0.05) is 24.3 Å². The number of aromatic nitrogens is 2. The lowest BCUT2D eigenvalue weighted by Gasteiger charge is -2.31. The van der Waals surface area contributed by atoms with E-state index >= 15 is 0 Å². The Morgan fingerprint density at radius 2 is 1.74 bits per heavy atom. The molecule has 0 saturated carbocycles. The number of fused-ring (bicyclic) bond motifs is 1. The van der Waals surface area contributed by atoms with Gasteiger partial charge in [-0.2, -0.15) is 0 Å². The molecule has 4 rings (SSSR count). The van der Waals surface area contributed by atoms with Crippen LogP contribution in [-0.2, 0) is 29.1 Å². The molecule has 2 N–H and O–H groups in total. The Hall–Kier alpha value is -3.33. The fraction of sp³-hybridized carbons (Fsp3) is 0.500. The summed E-state index contributed by atoms with van der Waals surface area (Å²) in [6, 6.07) is 9.88. The van der Waals surface area contributed by atoms with E-state index in [2.05, 4.69) is 37.6 Å². The number of amides is 3. The fourth-order valence-corrected chi connectivity index (χ4v) is 4.98. The maximum absolute atomic E-state index is 12.8. The average molecular weight is 479 g/mol. The molecule has 1 aromatic heterocycles. The van der Waals surface area contributed by atoms with Gasteiger partial charge in [0.05, 0.1) is 6.04 Å². The van der Waals surface area contributed by atoms with Crippen molar-refractivity contribution in [2.75, 3.05) is 26.2 Å². The molecule has 1 fully saturated rings. The van der Waals surface area contributed by atoms with Crippen molar-refractivity contribution in [3.05, 3.63) is 59.2 Å². The van der Waals surface area contributed by atoms with E-state index in [1.165, 1.54) is 24.4 Å². The Balaban J connectivity index is 1.30. The zero-order chi connectivity index (χ0) is 24.8. The van der Waals surface area contributed by atoms with Gasteiger partial charge in [-0.3, -0.25) is 19.3 Å². The number of nitrogens with one attached hydrogen (secondary N) is 2. The number of carbonyl (C=O) groups excluding carboxylic acids is 3. The highest BCUT2D eigenvalue weighted by Crippen LogP contribution is 2.22. The van der Waals surface area contributed by atoms with Crippen molar-refractivity contribution in [1.82, 2.24) is 30.4 Å². The van der Waals surface area contributed by atoms with Crippen LogP contribution in [0.1, 0.15) is 54.0 Å². The highest BCUT2D eigenvalue weighted by Gasteiger charge is 2.24. The largest absolute Gasteiger partial charge is 0.351 e. The third kappa shape index (κ3) is 6.85. The van der Waals surface area contributed by atoms with Crippen LogP contribution >= 0.6 is 0 Å². The number of carbonyl (C=O) groups is 3. The molecule has 186 valence electrons. The van der Waals surface area contributed by atoms with Crippen molar-refractivity contribution in [3.8, 4) is 0 Å². The van der Waals surface area contributed by atoms with Gasteiger partial charge in [0.25, 0.3) is 5.91 Å². The number of hydrogen-bond donors (Lipinski definition) is 2. The van der Waals surface area contributed by atoms with Crippen LogP contribution < -0.4 is 10.6 Å². The van der Waals surface area contributed by atoms with Gasteiger partial charge in [0.15, 0.2) is 0 Å². The van der Waals surface area contributed by atoms with Crippen molar-refractivity contribution in [2.45, 2.75) is 52.2 Å². The zero-order valence-corrected chi connectivity index (χ0v) is 20.5. The Morgan fingerprint density at radius 3 is 2.37 bits per heavy atom. The molecule has 9 heteroatoms. The molecule has 0 bridgehead atoms. The predicted octanol–water partition coefficient (Wildman–Crippen LogP) is 1.53. The molecule has 1 saturated heterocycles. The second kappa shape index (κ2) is 11.4. The lowest BCUT2D eigenvalue weighted by Crippen LogP contribution is -2.48. The van der Waals surface area contributed by atoms with E-state index in [1.54, 1.807) is 13.0 Å². The van der Waals surface area contributed by atoms with Crippen LogP contribution in [0.25, 0.3) is 0 Å². The molecular formula is C26H34N6O3. The summed E-state index contributed by atoms with van der Waals surface area (Å²) in [5, 5.41) is 5.90. The van der Waals surface area contributed by atoms with E-state index in [4.69, 9.17) is 0 Å². The van der Waals surface area contributed by atoms with E-state index in [0.29, 0.717) is 24.7 Å². The van der Waals surface area contributed by atoms with Crippen molar-refractivity contribution in [2.24, 2.45) is 5.92 Å². The smallest absolute Gasteiger partial charge is 0.270 e. The molecule has 0 aliphatic carbocycles. The van der Waals surface area contributed by atoms with Gasteiger partial charge in [-0.25, -0.2) is 9.97 Å². The molecule has 9 nitrogen and oxygen atoms in total. The van der Waals surface area contributed by atoms with Gasteiger partial charge in [-0.15, -0.1) is 0 Å². The lowest BCUT2D eigenvalue weighted by atomic mass is 9.92. The summed E-state index contributed by atoms with van der Waals surface area (Å²) in [6.07, 6.45) is 4.06. The van der Waals surface area contributed by atoms with E-state index in [9.17, 15) is 14.4 Å². The standard InChI is InChI=1S/C26H34N6O3/c1-18(33)30-24(16-31-14-21-5-3-4-6-22(21)15-31)13-27-26(35)25-12-23(28-17-29-25)11-20-7-9-32(10-8-20)19(2)34/h3-6,12,17,20,24H,7-11,13-16H2,1-2H3,(H,27,35)(H,30,33)/t24-/m0/s1. The van der Waals surface area contributed by atoms with Crippen LogP contribution in [0.2, 0.25) is 0 Å². The normalized spacial score (nSPS) is 17.0. The van der Waals surface area contributed by atoms with E-state index in [-0.39, 0.29) is 23.8 Å². The first kappa shape index (κ1) is 24.8. The van der Waals surface area contributed by atoms with Gasteiger partial charge < -0.3 is 15.5 Å². The van der Waals surface area contributed by atoms with Crippen LogP contribution in [0.4, 0.5) is 0 Å². The summed E-state index contributed by atoms with van der Waals surface area (Å²) in [5.74, 6) is 0.155. The minimum Gasteiger partial charge on any atom is -0.351 e. The minimum atomic E-state index is -0.278. The summed E-state index contributed by atoms with van der Waals surface area (Å²) in [6.45, 7) is 7.26. The summed E-state index contributed by atoms with van der Waals surface area (Å²) >= 11 is 0. The Bertz CT molecular complexity index is 1040. The number of benzene rings is 1. The molecule has 0 spiro atoms. The maximum atomic E-state index is 12.8.